The van der Waals surface area contributed by atoms with E-state index in [4.69, 9.17) is 39.9 Å². The van der Waals surface area contributed by atoms with Gasteiger partial charge >= 0.3 is 24.1 Å². The smallest absolute Gasteiger partial charge is 0.409 e. The number of rotatable bonds is 5. The van der Waals surface area contributed by atoms with Crippen LogP contribution in [0.15, 0.2) is 65.1 Å². The van der Waals surface area contributed by atoms with Gasteiger partial charge in [0.05, 0.1) is 46.0 Å². The molecule has 0 aliphatic carbocycles. The van der Waals surface area contributed by atoms with Crippen LogP contribution in [-0.2, 0) is 9.47 Å². The number of alkyl halides is 3. The Morgan fingerprint density at radius 2 is 1.22 bits per heavy atom. The fraction of sp³-hybridized carbons (Fsp3) is 0.111. The van der Waals surface area contributed by atoms with Crippen molar-refractivity contribution < 1.29 is 46.9 Å². The van der Waals surface area contributed by atoms with E-state index in [1.807, 2.05) is 0 Å². The van der Waals surface area contributed by atoms with E-state index in [-0.39, 0.29) is 32.8 Å². The van der Waals surface area contributed by atoms with Crippen molar-refractivity contribution in [2.24, 2.45) is 0 Å². The fourth-order valence-corrected chi connectivity index (χ4v) is 3.93. The van der Waals surface area contributed by atoms with Gasteiger partial charge in [0.2, 0.25) is 0 Å². The van der Waals surface area contributed by atoms with Crippen molar-refractivity contribution in [3.63, 3.8) is 0 Å². The molecule has 3 aromatic carbocycles. The van der Waals surface area contributed by atoms with Gasteiger partial charge < -0.3 is 14.6 Å². The standard InChI is InChI=1S/C10H6ClF3O2.C9H7ClO3.C8H6BrClO2/c11-8-5-6(3-4-10(12,13)14)1-2-7(8)9(15)16;1-13-9(12)7-3-2-6(5-11)4-8(7)10;1-12-8(11)6-3-2-5(9)4-7(6)10/h1-5H,(H,15,16);2-5H,1H3;2-4H,1H3/b4-3+;;. The monoisotopic (exact) mass is 696 g/mol. The van der Waals surface area contributed by atoms with E-state index in [2.05, 4.69) is 25.4 Å². The van der Waals surface area contributed by atoms with E-state index in [0.717, 1.165) is 22.7 Å². The number of carboxylic acids is 1. The first-order valence-corrected chi connectivity index (χ1v) is 12.7. The minimum absolute atomic E-state index is 0.0547. The van der Waals surface area contributed by atoms with Crippen molar-refractivity contribution in [3.05, 3.63) is 108 Å². The highest BCUT2D eigenvalue weighted by Gasteiger charge is 2.22. The highest BCUT2D eigenvalue weighted by atomic mass is 79.9. The van der Waals surface area contributed by atoms with Crippen LogP contribution in [0.4, 0.5) is 13.2 Å². The molecule has 218 valence electrons. The van der Waals surface area contributed by atoms with Gasteiger partial charge in [-0.15, -0.1) is 0 Å². The van der Waals surface area contributed by atoms with Crippen molar-refractivity contribution >= 4 is 81.0 Å². The number of aromatic carboxylic acids is 1. The molecule has 14 heteroatoms. The number of carbonyl (C=O) groups is 4. The summed E-state index contributed by atoms with van der Waals surface area (Å²) in [6.07, 6.45) is -2.87. The van der Waals surface area contributed by atoms with E-state index < -0.39 is 24.1 Å². The number of hydrogen-bond acceptors (Lipinski definition) is 6. The first-order valence-electron chi connectivity index (χ1n) is 10.8. The average Bonchev–Trinajstić information content (AvgIpc) is 2.91. The van der Waals surface area contributed by atoms with Crippen molar-refractivity contribution in [2.75, 3.05) is 14.2 Å². The number of halogens is 7. The molecule has 7 nitrogen and oxygen atoms in total. The lowest BCUT2D eigenvalue weighted by atomic mass is 10.1. The molecule has 0 aliphatic heterocycles. The van der Waals surface area contributed by atoms with Gasteiger partial charge in [-0.25, -0.2) is 14.4 Å². The van der Waals surface area contributed by atoms with Gasteiger partial charge in [0.25, 0.3) is 0 Å². The summed E-state index contributed by atoms with van der Waals surface area (Å²) >= 11 is 20.3. The molecular formula is C27H19BrCl3F3O7. The topological polar surface area (TPSA) is 107 Å². The summed E-state index contributed by atoms with van der Waals surface area (Å²) in [5, 5.41) is 9.14. The van der Waals surface area contributed by atoms with Crippen LogP contribution in [-0.4, -0.2) is 49.7 Å². The van der Waals surface area contributed by atoms with E-state index >= 15 is 0 Å². The number of hydrogen-bond donors (Lipinski definition) is 1. The van der Waals surface area contributed by atoms with Crippen LogP contribution in [0.25, 0.3) is 6.08 Å². The van der Waals surface area contributed by atoms with Gasteiger partial charge in [-0.2, -0.15) is 13.2 Å². The van der Waals surface area contributed by atoms with Crippen LogP contribution >= 0.6 is 50.7 Å². The molecule has 0 saturated carbocycles. The largest absolute Gasteiger partial charge is 0.478 e. The molecule has 1 N–H and O–H groups in total. The molecule has 0 saturated heterocycles. The summed E-state index contributed by atoms with van der Waals surface area (Å²) in [5.41, 5.74) is 1.10. The summed E-state index contributed by atoms with van der Waals surface area (Å²) in [5.74, 6) is -2.16. The van der Waals surface area contributed by atoms with Gasteiger partial charge in [-0.1, -0.05) is 68.9 Å². The van der Waals surface area contributed by atoms with Crippen molar-refractivity contribution in [1.29, 1.82) is 0 Å². The first kappa shape index (κ1) is 35.6. The first-order chi connectivity index (χ1) is 19.1. The maximum absolute atomic E-state index is 11.8. The predicted octanol–water partition coefficient (Wildman–Crippen LogP) is 8.44. The van der Waals surface area contributed by atoms with Crippen LogP contribution in [0.3, 0.4) is 0 Å². The molecular weight excluding hydrogens is 680 g/mol. The Balaban J connectivity index is 0.000000311. The van der Waals surface area contributed by atoms with Gasteiger partial charge in [-0.3, -0.25) is 4.79 Å². The minimum atomic E-state index is -4.40. The van der Waals surface area contributed by atoms with Crippen molar-refractivity contribution in [1.82, 2.24) is 0 Å². The molecule has 0 radical (unpaired) electrons. The molecule has 3 rings (SSSR count). The van der Waals surface area contributed by atoms with E-state index in [1.54, 1.807) is 18.2 Å². The molecule has 0 aliphatic rings. The highest BCUT2D eigenvalue weighted by Crippen LogP contribution is 2.23. The molecule has 3 aromatic rings. The molecule has 0 unspecified atom stereocenters. The third kappa shape index (κ3) is 12.3. The Kier molecular flexibility index (Phi) is 14.6. The van der Waals surface area contributed by atoms with Crippen LogP contribution in [0.1, 0.15) is 47.0 Å². The number of ether oxygens (including phenoxy) is 2. The second-order valence-electron chi connectivity index (χ2n) is 7.38. The van der Waals surface area contributed by atoms with Crippen LogP contribution in [0.5, 0.6) is 0 Å². The molecule has 0 fully saturated rings. The summed E-state index contributed by atoms with van der Waals surface area (Å²) in [7, 11) is 2.59. The second kappa shape index (κ2) is 16.8. The molecule has 0 atom stereocenters. The zero-order chi connectivity index (χ0) is 31.3. The zero-order valence-electron chi connectivity index (χ0n) is 21.0. The number of carbonyl (C=O) groups excluding carboxylic acids is 3. The van der Waals surface area contributed by atoms with E-state index in [1.165, 1.54) is 38.5 Å². The van der Waals surface area contributed by atoms with Crippen molar-refractivity contribution in [2.45, 2.75) is 6.18 Å². The Hall–Kier alpha value is -3.38. The van der Waals surface area contributed by atoms with Gasteiger partial charge in [0, 0.05) is 16.1 Å². The molecule has 0 aromatic heterocycles. The number of carboxylic acid groups (broad SMARTS) is 1. The Labute approximate surface area is 255 Å². The fourth-order valence-electron chi connectivity index (χ4n) is 2.64. The molecule has 0 heterocycles. The van der Waals surface area contributed by atoms with E-state index in [9.17, 15) is 32.3 Å². The third-order valence-corrected chi connectivity index (χ3v) is 5.99. The van der Waals surface area contributed by atoms with Gasteiger partial charge in [-0.05, 0) is 48.0 Å². The maximum Gasteiger partial charge on any atom is 0.409 e. The number of esters is 2. The number of benzene rings is 3. The lowest BCUT2D eigenvalue weighted by Crippen LogP contribution is -2.02. The number of allylic oxidation sites excluding steroid dienone is 1. The Morgan fingerprint density at radius 3 is 1.63 bits per heavy atom. The van der Waals surface area contributed by atoms with Gasteiger partial charge in [0.1, 0.15) is 6.29 Å². The predicted molar refractivity (Wildman–Crippen MR) is 152 cm³/mol. The summed E-state index contributed by atoms with van der Waals surface area (Å²) in [6, 6.07) is 12.9. The average molecular weight is 699 g/mol. The number of aldehydes is 1. The molecule has 41 heavy (non-hydrogen) atoms. The van der Waals surface area contributed by atoms with Crippen LogP contribution < -0.4 is 0 Å². The zero-order valence-corrected chi connectivity index (χ0v) is 24.8. The normalized spacial score (nSPS) is 10.5. The van der Waals surface area contributed by atoms with Crippen LogP contribution in [0.2, 0.25) is 15.1 Å². The SMILES string of the molecule is COC(=O)c1ccc(Br)cc1Cl.COC(=O)c1ccc(C=O)cc1Cl.O=C(O)c1ccc(/C=C/C(F)(F)F)cc1Cl. The number of methoxy groups -OCH3 is 2. The lowest BCUT2D eigenvalue weighted by Gasteiger charge is -2.01. The van der Waals surface area contributed by atoms with Crippen molar-refractivity contribution in [3.8, 4) is 0 Å². The second-order valence-corrected chi connectivity index (χ2v) is 9.52. The summed E-state index contributed by atoms with van der Waals surface area (Å²) in [6.45, 7) is 0. The quantitative estimate of drug-likeness (QED) is 0.211. The Bertz CT molecular complexity index is 1440. The van der Waals surface area contributed by atoms with Gasteiger partial charge in [0.15, 0.2) is 0 Å². The summed E-state index contributed by atoms with van der Waals surface area (Å²) < 4.78 is 45.3. The third-order valence-electron chi connectivity index (χ3n) is 4.56. The Morgan fingerprint density at radius 1 is 0.780 bits per heavy atom. The molecule has 0 amide bonds. The maximum atomic E-state index is 11.8. The van der Waals surface area contributed by atoms with Crippen LogP contribution in [0, 0.1) is 0 Å². The lowest BCUT2D eigenvalue weighted by molar-refractivity contribution is -0.0790. The van der Waals surface area contributed by atoms with E-state index in [0.29, 0.717) is 22.4 Å². The molecule has 0 spiro atoms. The highest BCUT2D eigenvalue weighted by molar-refractivity contribution is 9.10. The minimum Gasteiger partial charge on any atom is -0.478 e. The molecule has 0 bridgehead atoms. The summed E-state index contributed by atoms with van der Waals surface area (Å²) in [4.78, 5) is 43.0.